The zero-order valence-electron chi connectivity index (χ0n) is 15.6. The largest absolute Gasteiger partial charge is 0.377 e. The van der Waals surface area contributed by atoms with Crippen molar-refractivity contribution in [2.24, 2.45) is 0 Å². The smallest absolute Gasteiger partial charge is 0.287 e. The zero-order valence-corrected chi connectivity index (χ0v) is 17.2. The molecule has 3 rings (SSSR count). The van der Waals surface area contributed by atoms with Crippen LogP contribution in [-0.2, 0) is 9.57 Å². The van der Waals surface area contributed by atoms with Crippen LogP contribution in [0.1, 0.15) is 32.4 Å². The first-order valence-electron chi connectivity index (χ1n) is 8.52. The van der Waals surface area contributed by atoms with E-state index in [9.17, 15) is 9.59 Å². The number of aromatic amines is 1. The third-order valence-electron chi connectivity index (χ3n) is 4.40. The molecule has 2 atom stereocenters. The van der Waals surface area contributed by atoms with E-state index in [0.717, 1.165) is 0 Å². The van der Waals surface area contributed by atoms with Crippen molar-refractivity contribution in [2.45, 2.75) is 25.5 Å². The molecule has 1 saturated heterocycles. The first-order chi connectivity index (χ1) is 13.4. The number of rotatable bonds is 6. The molecule has 0 aromatic carbocycles. The van der Waals surface area contributed by atoms with Crippen molar-refractivity contribution in [2.75, 3.05) is 32.2 Å². The molecule has 0 radical (unpaired) electrons. The maximum Gasteiger partial charge on any atom is 0.287 e. The van der Waals surface area contributed by atoms with E-state index in [-0.39, 0.29) is 34.9 Å². The number of H-pyrrole nitrogens is 1. The quantitative estimate of drug-likeness (QED) is 0.590. The van der Waals surface area contributed by atoms with Crippen molar-refractivity contribution in [3.63, 3.8) is 0 Å². The Kier molecular flexibility index (Phi) is 6.50. The summed E-state index contributed by atoms with van der Waals surface area (Å²) < 4.78 is 5.58. The molecule has 1 fully saturated rings. The minimum absolute atomic E-state index is 0.175. The summed E-state index contributed by atoms with van der Waals surface area (Å²) >= 11 is 7.17. The molecule has 12 heteroatoms. The number of carbonyl (C=O) groups excluding carboxylic acids is 2. The van der Waals surface area contributed by atoms with E-state index in [1.54, 1.807) is 14.0 Å². The number of carbonyl (C=O) groups is 2. The lowest BCUT2D eigenvalue weighted by atomic mass is 10.0. The first-order valence-corrected chi connectivity index (χ1v) is 9.72. The van der Waals surface area contributed by atoms with E-state index in [1.807, 2.05) is 4.90 Å². The lowest BCUT2D eigenvalue weighted by Crippen LogP contribution is -2.55. The second kappa shape index (κ2) is 8.86. The molecular formula is C16H21ClN6O4S. The average molecular weight is 429 g/mol. The molecule has 0 unspecified atom stereocenters. The van der Waals surface area contributed by atoms with Gasteiger partial charge in [0.25, 0.3) is 11.8 Å². The summed E-state index contributed by atoms with van der Waals surface area (Å²) in [6.45, 7) is 2.93. The third-order valence-corrected chi connectivity index (χ3v) is 5.83. The number of thiazole rings is 1. The van der Waals surface area contributed by atoms with Crippen LogP contribution in [0.5, 0.6) is 0 Å². The number of amides is 2. The lowest BCUT2D eigenvalue weighted by Gasteiger charge is -2.37. The molecular weight excluding hydrogens is 408 g/mol. The summed E-state index contributed by atoms with van der Waals surface area (Å²) in [7, 11) is 2.97. The third kappa shape index (κ3) is 4.43. The Morgan fingerprint density at radius 1 is 1.39 bits per heavy atom. The van der Waals surface area contributed by atoms with Crippen LogP contribution in [0, 0.1) is 6.92 Å². The number of hydroxylamine groups is 1. The first kappa shape index (κ1) is 20.5. The van der Waals surface area contributed by atoms with Crippen LogP contribution in [0.3, 0.4) is 0 Å². The molecule has 3 heterocycles. The normalized spacial score (nSPS) is 19.5. The summed E-state index contributed by atoms with van der Waals surface area (Å²) in [5.74, 6) is -0.499. The number of imidazole rings is 1. The SMILES string of the molecule is CONC(=O)c1cnc(N2CC[C@@H](NC(=O)c3nc(Cl)c(C)[nH]3)[C@@H](OC)C2)s1. The molecule has 2 aromatic rings. The number of hydrogen-bond donors (Lipinski definition) is 3. The molecule has 1 aliphatic rings. The Labute approximate surface area is 170 Å². The molecule has 2 aromatic heterocycles. The fourth-order valence-corrected chi connectivity index (χ4v) is 3.91. The minimum Gasteiger partial charge on any atom is -0.377 e. The molecule has 0 aliphatic carbocycles. The number of nitrogens with zero attached hydrogens (tertiary/aromatic N) is 3. The Balaban J connectivity index is 1.63. The van der Waals surface area contributed by atoms with Crippen LogP contribution in [0.4, 0.5) is 5.13 Å². The highest BCUT2D eigenvalue weighted by molar-refractivity contribution is 7.17. The van der Waals surface area contributed by atoms with Gasteiger partial charge in [-0.3, -0.25) is 14.4 Å². The highest BCUT2D eigenvalue weighted by Gasteiger charge is 2.32. The number of methoxy groups -OCH3 is 1. The Morgan fingerprint density at radius 3 is 2.82 bits per heavy atom. The number of ether oxygens (including phenoxy) is 1. The van der Waals surface area contributed by atoms with Gasteiger partial charge in [0.1, 0.15) is 4.88 Å². The van der Waals surface area contributed by atoms with Gasteiger partial charge in [-0.05, 0) is 13.3 Å². The van der Waals surface area contributed by atoms with E-state index >= 15 is 0 Å². The summed E-state index contributed by atoms with van der Waals surface area (Å²) in [6, 6.07) is -0.186. The van der Waals surface area contributed by atoms with Crippen LogP contribution in [0.15, 0.2) is 6.20 Å². The van der Waals surface area contributed by atoms with Crippen LogP contribution in [0.25, 0.3) is 0 Å². The van der Waals surface area contributed by atoms with Gasteiger partial charge in [-0.15, -0.1) is 0 Å². The van der Waals surface area contributed by atoms with E-state index < -0.39 is 0 Å². The van der Waals surface area contributed by atoms with Gasteiger partial charge in [0.15, 0.2) is 16.1 Å². The van der Waals surface area contributed by atoms with Crippen molar-refractivity contribution in [1.82, 2.24) is 25.7 Å². The predicted octanol–water partition coefficient (Wildman–Crippen LogP) is 1.14. The van der Waals surface area contributed by atoms with E-state index in [1.165, 1.54) is 24.6 Å². The van der Waals surface area contributed by atoms with Crippen molar-refractivity contribution >= 4 is 39.9 Å². The van der Waals surface area contributed by atoms with Crippen LogP contribution in [0.2, 0.25) is 5.15 Å². The Hall–Kier alpha value is -2.21. The van der Waals surface area contributed by atoms with Gasteiger partial charge in [-0.1, -0.05) is 22.9 Å². The second-order valence-electron chi connectivity index (χ2n) is 6.23. The van der Waals surface area contributed by atoms with Crippen LogP contribution >= 0.6 is 22.9 Å². The lowest BCUT2D eigenvalue weighted by molar-refractivity contribution is 0.0537. The van der Waals surface area contributed by atoms with E-state index in [2.05, 4.69) is 30.6 Å². The van der Waals surface area contributed by atoms with Gasteiger partial charge < -0.3 is 19.9 Å². The number of halogens is 1. The van der Waals surface area contributed by atoms with Gasteiger partial charge >= 0.3 is 0 Å². The van der Waals surface area contributed by atoms with Crippen molar-refractivity contribution in [3.05, 3.63) is 27.7 Å². The molecule has 152 valence electrons. The Morgan fingerprint density at radius 2 is 2.18 bits per heavy atom. The van der Waals surface area contributed by atoms with Crippen molar-refractivity contribution in [3.8, 4) is 0 Å². The summed E-state index contributed by atoms with van der Waals surface area (Å²) in [5.41, 5.74) is 2.91. The fourth-order valence-electron chi connectivity index (χ4n) is 2.94. The number of hydrogen-bond acceptors (Lipinski definition) is 8. The predicted molar refractivity (Wildman–Crippen MR) is 104 cm³/mol. The molecule has 28 heavy (non-hydrogen) atoms. The molecule has 10 nitrogen and oxygen atoms in total. The second-order valence-corrected chi connectivity index (χ2v) is 7.60. The Bertz CT molecular complexity index is 837. The number of nitrogens with one attached hydrogen (secondary N) is 3. The van der Waals surface area contributed by atoms with Crippen LogP contribution in [-0.4, -0.2) is 66.2 Å². The maximum absolute atomic E-state index is 12.4. The zero-order chi connectivity index (χ0) is 20.3. The van der Waals surface area contributed by atoms with Gasteiger partial charge in [0.2, 0.25) is 0 Å². The number of aromatic nitrogens is 3. The monoisotopic (exact) mass is 428 g/mol. The molecule has 0 spiro atoms. The highest BCUT2D eigenvalue weighted by atomic mass is 35.5. The average Bonchev–Trinajstić information content (AvgIpc) is 3.30. The summed E-state index contributed by atoms with van der Waals surface area (Å²) in [6.07, 6.45) is 1.91. The number of anilines is 1. The number of aryl methyl sites for hydroxylation is 1. The highest BCUT2D eigenvalue weighted by Crippen LogP contribution is 2.26. The fraction of sp³-hybridized carbons (Fsp3) is 0.500. The molecule has 0 saturated carbocycles. The minimum atomic E-state index is -0.343. The topological polar surface area (TPSA) is 121 Å². The van der Waals surface area contributed by atoms with Gasteiger partial charge in [-0.25, -0.2) is 15.4 Å². The molecule has 3 N–H and O–H groups in total. The van der Waals surface area contributed by atoms with Crippen molar-refractivity contribution < 1.29 is 19.2 Å². The van der Waals surface area contributed by atoms with Gasteiger partial charge in [0.05, 0.1) is 31.1 Å². The number of piperidine rings is 1. The van der Waals surface area contributed by atoms with Gasteiger partial charge in [0, 0.05) is 20.2 Å². The molecule has 0 bridgehead atoms. The standard InChI is InChI=1S/C16H21ClN6O4S/c1-8-12(17)21-13(19-8)15(25)20-9-4-5-23(7-10(9)26-2)16-18-6-11(28-16)14(24)22-27-3/h6,9-10H,4-5,7H2,1-3H3,(H,19,21)(H,20,25)(H,22,24)/t9-,10+/m1/s1. The maximum atomic E-state index is 12.4. The van der Waals surface area contributed by atoms with Crippen LogP contribution < -0.4 is 15.7 Å². The summed E-state index contributed by atoms with van der Waals surface area (Å²) in [4.78, 5) is 42.6. The molecule has 2 amide bonds. The van der Waals surface area contributed by atoms with Crippen molar-refractivity contribution in [1.29, 1.82) is 0 Å². The van der Waals surface area contributed by atoms with E-state index in [4.69, 9.17) is 16.3 Å². The van der Waals surface area contributed by atoms with Gasteiger partial charge in [-0.2, -0.15) is 0 Å². The summed E-state index contributed by atoms with van der Waals surface area (Å²) in [5, 5.41) is 3.94. The molecule has 1 aliphatic heterocycles. The van der Waals surface area contributed by atoms with E-state index in [0.29, 0.717) is 35.2 Å².